The maximum absolute atomic E-state index is 11.1. The number of carbonyl (C=O) groups is 1. The fourth-order valence-corrected chi connectivity index (χ4v) is 3.08. The molecule has 6 heteroatoms. The molecule has 2 aromatic heterocycles. The lowest BCUT2D eigenvalue weighted by molar-refractivity contribution is 0.0700. The second-order valence-corrected chi connectivity index (χ2v) is 5.66. The number of hydrogen-bond acceptors (Lipinski definition) is 5. The summed E-state index contributed by atoms with van der Waals surface area (Å²) in [5, 5.41) is 12.7. The highest BCUT2D eigenvalue weighted by Gasteiger charge is 2.18. The third-order valence-electron chi connectivity index (χ3n) is 2.22. The van der Waals surface area contributed by atoms with Crippen LogP contribution in [0.4, 0.5) is 0 Å². The molecule has 0 spiro atoms. The third kappa shape index (κ3) is 2.53. The number of aromatic carboxylic acids is 1. The number of carboxylic acids is 1. The molecule has 17 heavy (non-hydrogen) atoms. The van der Waals surface area contributed by atoms with Gasteiger partial charge in [-0.2, -0.15) is 0 Å². The Hall–Kier alpha value is -1.27. The van der Waals surface area contributed by atoms with E-state index >= 15 is 0 Å². The minimum Gasteiger partial charge on any atom is -0.477 e. The van der Waals surface area contributed by atoms with Crippen molar-refractivity contribution in [3.05, 3.63) is 21.0 Å². The second kappa shape index (κ2) is 4.93. The second-order valence-electron chi connectivity index (χ2n) is 3.60. The van der Waals surface area contributed by atoms with Crippen molar-refractivity contribution in [2.75, 3.05) is 0 Å². The van der Waals surface area contributed by atoms with Crippen molar-refractivity contribution >= 4 is 28.6 Å². The molecule has 2 heterocycles. The van der Waals surface area contributed by atoms with E-state index in [9.17, 15) is 4.79 Å². The fraction of sp³-hybridized carbons (Fsp3) is 0.364. The van der Waals surface area contributed by atoms with Gasteiger partial charge < -0.3 is 5.11 Å². The van der Waals surface area contributed by atoms with Crippen molar-refractivity contribution in [2.45, 2.75) is 26.7 Å². The molecule has 2 aromatic rings. The highest BCUT2D eigenvalue weighted by atomic mass is 32.1. The first-order valence-electron chi connectivity index (χ1n) is 5.27. The van der Waals surface area contributed by atoms with Crippen LogP contribution in [0.5, 0.6) is 0 Å². The first kappa shape index (κ1) is 12.2. The first-order valence-corrected chi connectivity index (χ1v) is 6.97. The normalized spacial score (nSPS) is 10.7. The summed E-state index contributed by atoms with van der Waals surface area (Å²) in [6.45, 7) is 3.93. The number of hydrogen-bond donors (Lipinski definition) is 1. The molecular weight excluding hydrogens is 256 g/mol. The maximum Gasteiger partial charge on any atom is 0.347 e. The molecule has 1 N–H and O–H groups in total. The van der Waals surface area contributed by atoms with Gasteiger partial charge in [0, 0.05) is 5.38 Å². The van der Waals surface area contributed by atoms with E-state index in [4.69, 9.17) is 5.11 Å². The van der Waals surface area contributed by atoms with E-state index in [0.29, 0.717) is 22.0 Å². The lowest BCUT2D eigenvalue weighted by Crippen LogP contribution is -1.98. The summed E-state index contributed by atoms with van der Waals surface area (Å²) in [4.78, 5) is 20.2. The molecule has 2 rings (SSSR count). The summed E-state index contributed by atoms with van der Waals surface area (Å²) in [6.07, 6.45) is 1.58. The van der Waals surface area contributed by atoms with Gasteiger partial charge in [-0.1, -0.05) is 13.3 Å². The van der Waals surface area contributed by atoms with Crippen LogP contribution in [-0.4, -0.2) is 21.0 Å². The Balaban J connectivity index is 2.43. The molecular formula is C11H12N2O2S2. The molecule has 0 aromatic carbocycles. The Kier molecular flexibility index (Phi) is 3.54. The highest BCUT2D eigenvalue weighted by Crippen LogP contribution is 2.29. The summed E-state index contributed by atoms with van der Waals surface area (Å²) in [6, 6.07) is 0. The molecule has 0 aliphatic heterocycles. The molecule has 0 saturated heterocycles. The Bertz CT molecular complexity index is 545. The maximum atomic E-state index is 11.1. The number of nitrogens with zero attached hydrogens (tertiary/aromatic N) is 2. The Morgan fingerprint density at radius 2 is 2.24 bits per heavy atom. The Labute approximate surface area is 107 Å². The number of carboxylic acid groups (broad SMARTS) is 1. The standard InChI is InChI=1S/C11H12N2O2S2/c1-3-4-7-9(11(14)15)17-10(13-7)8-5-16-6(2)12-8/h5H,3-4H2,1-2H3,(H,14,15). The van der Waals surface area contributed by atoms with Crippen LogP contribution in [0.3, 0.4) is 0 Å². The zero-order valence-electron chi connectivity index (χ0n) is 9.56. The number of aryl methyl sites for hydroxylation is 2. The zero-order valence-corrected chi connectivity index (χ0v) is 11.2. The quantitative estimate of drug-likeness (QED) is 0.924. The van der Waals surface area contributed by atoms with Gasteiger partial charge in [0.2, 0.25) is 0 Å². The predicted molar refractivity (Wildman–Crippen MR) is 68.9 cm³/mol. The van der Waals surface area contributed by atoms with Gasteiger partial charge >= 0.3 is 5.97 Å². The topological polar surface area (TPSA) is 63.1 Å². The highest BCUT2D eigenvalue weighted by molar-refractivity contribution is 7.17. The molecule has 0 unspecified atom stereocenters. The predicted octanol–water partition coefficient (Wildman–Crippen LogP) is 3.23. The molecule has 0 radical (unpaired) electrons. The van der Waals surface area contributed by atoms with Gasteiger partial charge in [-0.15, -0.1) is 22.7 Å². The van der Waals surface area contributed by atoms with Gasteiger partial charge in [-0.05, 0) is 13.3 Å². The molecule has 90 valence electrons. The van der Waals surface area contributed by atoms with Gasteiger partial charge in [0.05, 0.1) is 10.7 Å². The number of aromatic nitrogens is 2. The summed E-state index contributed by atoms with van der Waals surface area (Å²) in [7, 11) is 0. The minimum atomic E-state index is -0.899. The summed E-state index contributed by atoms with van der Waals surface area (Å²) < 4.78 is 0. The molecule has 4 nitrogen and oxygen atoms in total. The monoisotopic (exact) mass is 268 g/mol. The van der Waals surface area contributed by atoms with E-state index in [-0.39, 0.29) is 0 Å². The fourth-order valence-electron chi connectivity index (χ4n) is 1.50. The van der Waals surface area contributed by atoms with E-state index < -0.39 is 5.97 Å². The van der Waals surface area contributed by atoms with Gasteiger partial charge in [0.15, 0.2) is 0 Å². The van der Waals surface area contributed by atoms with Crippen molar-refractivity contribution in [1.29, 1.82) is 0 Å². The summed E-state index contributed by atoms with van der Waals surface area (Å²) >= 11 is 2.75. The largest absolute Gasteiger partial charge is 0.477 e. The Morgan fingerprint density at radius 3 is 2.76 bits per heavy atom. The lowest BCUT2D eigenvalue weighted by atomic mass is 10.2. The van der Waals surface area contributed by atoms with E-state index in [1.807, 2.05) is 19.2 Å². The zero-order chi connectivity index (χ0) is 12.4. The van der Waals surface area contributed by atoms with Gasteiger partial charge in [0.1, 0.15) is 15.6 Å². The van der Waals surface area contributed by atoms with Crippen LogP contribution in [0.2, 0.25) is 0 Å². The molecule has 0 fully saturated rings. The van der Waals surface area contributed by atoms with Crippen LogP contribution in [0.25, 0.3) is 10.7 Å². The molecule has 0 amide bonds. The van der Waals surface area contributed by atoms with E-state index in [1.165, 1.54) is 11.3 Å². The van der Waals surface area contributed by atoms with Crippen molar-refractivity contribution < 1.29 is 9.90 Å². The van der Waals surface area contributed by atoms with Gasteiger partial charge in [0.25, 0.3) is 0 Å². The van der Waals surface area contributed by atoms with Crippen LogP contribution >= 0.6 is 22.7 Å². The van der Waals surface area contributed by atoms with Crippen LogP contribution in [0.1, 0.15) is 33.7 Å². The summed E-state index contributed by atoms with van der Waals surface area (Å²) in [5.74, 6) is -0.899. The van der Waals surface area contributed by atoms with Crippen LogP contribution < -0.4 is 0 Å². The Morgan fingerprint density at radius 1 is 1.47 bits per heavy atom. The van der Waals surface area contributed by atoms with Crippen molar-refractivity contribution in [2.24, 2.45) is 0 Å². The minimum absolute atomic E-state index is 0.340. The van der Waals surface area contributed by atoms with Crippen molar-refractivity contribution in [3.8, 4) is 10.7 Å². The average Bonchev–Trinajstić information content (AvgIpc) is 2.85. The molecule has 0 bridgehead atoms. The molecule has 0 aliphatic carbocycles. The first-order chi connectivity index (χ1) is 8.11. The summed E-state index contributed by atoms with van der Waals surface area (Å²) in [5.41, 5.74) is 1.45. The molecule has 0 atom stereocenters. The molecule has 0 saturated carbocycles. The average molecular weight is 268 g/mol. The van der Waals surface area contributed by atoms with E-state index in [0.717, 1.165) is 17.1 Å². The van der Waals surface area contributed by atoms with Crippen LogP contribution in [0.15, 0.2) is 5.38 Å². The third-order valence-corrected chi connectivity index (χ3v) is 4.10. The van der Waals surface area contributed by atoms with Crippen molar-refractivity contribution in [1.82, 2.24) is 9.97 Å². The van der Waals surface area contributed by atoms with Crippen LogP contribution in [0, 0.1) is 6.92 Å². The van der Waals surface area contributed by atoms with E-state index in [2.05, 4.69) is 9.97 Å². The van der Waals surface area contributed by atoms with Crippen molar-refractivity contribution in [3.63, 3.8) is 0 Å². The van der Waals surface area contributed by atoms with Gasteiger partial charge in [-0.3, -0.25) is 0 Å². The van der Waals surface area contributed by atoms with E-state index in [1.54, 1.807) is 11.3 Å². The lowest BCUT2D eigenvalue weighted by Gasteiger charge is -1.92. The molecule has 0 aliphatic rings. The number of rotatable bonds is 4. The van der Waals surface area contributed by atoms with Crippen LogP contribution in [-0.2, 0) is 6.42 Å². The smallest absolute Gasteiger partial charge is 0.347 e. The number of thiazole rings is 2. The van der Waals surface area contributed by atoms with Gasteiger partial charge in [-0.25, -0.2) is 14.8 Å². The SMILES string of the molecule is CCCc1nc(-c2csc(C)n2)sc1C(=O)O.